The van der Waals surface area contributed by atoms with Gasteiger partial charge < -0.3 is 10.1 Å². The van der Waals surface area contributed by atoms with E-state index < -0.39 is 17.7 Å². The number of hydrogen-bond acceptors (Lipinski definition) is 3. The van der Waals surface area contributed by atoms with Crippen molar-refractivity contribution >= 4 is 57.2 Å². The molecular weight excluding hydrogens is 483 g/mol. The lowest BCUT2D eigenvalue weighted by Crippen LogP contribution is -2.29. The van der Waals surface area contributed by atoms with E-state index in [1.807, 2.05) is 48.5 Å². The molecule has 0 aliphatic carbocycles. The molecule has 0 saturated carbocycles. The van der Waals surface area contributed by atoms with Crippen molar-refractivity contribution in [2.75, 3.05) is 4.90 Å². The molecule has 1 unspecified atom stereocenters. The van der Waals surface area contributed by atoms with Crippen LogP contribution in [0.15, 0.2) is 78.5 Å². The van der Waals surface area contributed by atoms with E-state index in [2.05, 4.69) is 18.8 Å². The molecule has 5 rings (SSSR count). The smallest absolute Gasteiger partial charge is 0.300 e. The van der Waals surface area contributed by atoms with Crippen LogP contribution >= 0.6 is 23.2 Å². The van der Waals surface area contributed by atoms with Gasteiger partial charge in [-0.15, -0.1) is 0 Å². The van der Waals surface area contributed by atoms with Crippen molar-refractivity contribution in [2.45, 2.75) is 25.8 Å². The third-order valence-corrected chi connectivity index (χ3v) is 7.13. The number of carbonyl (C=O) groups excluding carboxylic acids is 2. The van der Waals surface area contributed by atoms with Gasteiger partial charge in [0.15, 0.2) is 0 Å². The van der Waals surface area contributed by atoms with Gasteiger partial charge in [-0.25, -0.2) is 0 Å². The van der Waals surface area contributed by atoms with E-state index in [1.54, 1.807) is 18.3 Å². The number of aliphatic hydroxyl groups excluding tert-OH is 1. The van der Waals surface area contributed by atoms with Crippen molar-refractivity contribution in [3.05, 3.63) is 105 Å². The lowest BCUT2D eigenvalue weighted by molar-refractivity contribution is -0.132. The van der Waals surface area contributed by atoms with Gasteiger partial charge in [0, 0.05) is 33.9 Å². The number of nitrogens with one attached hydrogen (secondary N) is 1. The van der Waals surface area contributed by atoms with Crippen LogP contribution in [0, 0.1) is 0 Å². The fourth-order valence-electron chi connectivity index (χ4n) is 4.53. The lowest BCUT2D eigenvalue weighted by Gasteiger charge is -2.25. The molecule has 7 heteroatoms. The Morgan fingerprint density at radius 1 is 0.971 bits per heavy atom. The van der Waals surface area contributed by atoms with Gasteiger partial charge in [0.25, 0.3) is 11.7 Å². The molecule has 0 radical (unpaired) electrons. The molecule has 176 valence electrons. The van der Waals surface area contributed by atoms with E-state index in [0.29, 0.717) is 27.8 Å². The predicted molar refractivity (Wildman–Crippen MR) is 140 cm³/mol. The number of aromatic amines is 1. The highest BCUT2D eigenvalue weighted by atomic mass is 35.5. The highest BCUT2D eigenvalue weighted by molar-refractivity contribution is 6.52. The third kappa shape index (κ3) is 3.91. The Labute approximate surface area is 212 Å². The van der Waals surface area contributed by atoms with Crippen molar-refractivity contribution in [3.63, 3.8) is 0 Å². The van der Waals surface area contributed by atoms with Crippen LogP contribution in [-0.4, -0.2) is 21.8 Å². The van der Waals surface area contributed by atoms with E-state index in [1.165, 1.54) is 11.0 Å². The van der Waals surface area contributed by atoms with Crippen LogP contribution < -0.4 is 4.90 Å². The van der Waals surface area contributed by atoms with Crippen LogP contribution in [0.1, 0.15) is 42.5 Å². The van der Waals surface area contributed by atoms with Crippen LogP contribution in [0.5, 0.6) is 0 Å². The number of amides is 1. The Hall–Kier alpha value is -3.54. The maximum Gasteiger partial charge on any atom is 0.300 e. The van der Waals surface area contributed by atoms with Crippen molar-refractivity contribution in [3.8, 4) is 0 Å². The van der Waals surface area contributed by atoms with Crippen LogP contribution in [0.25, 0.3) is 16.7 Å². The van der Waals surface area contributed by atoms with Crippen molar-refractivity contribution < 1.29 is 14.7 Å². The minimum absolute atomic E-state index is 0.00826. The molecule has 1 fully saturated rings. The standard InChI is InChI=1S/C28H22Cl2N2O3/c1-15(2)16-7-10-18(11-8-16)32-25(20-14-31-23-6-4-3-5-19(20)23)24(27(34)28(32)35)26(33)17-9-12-21(29)22(30)13-17/h3-15,25,31,33H,1-2H3/b26-24+. The second kappa shape index (κ2) is 8.91. The van der Waals surface area contributed by atoms with Crippen LogP contribution in [-0.2, 0) is 9.59 Å². The number of aromatic nitrogens is 1. The molecule has 1 aliphatic heterocycles. The number of hydrogen-bond donors (Lipinski definition) is 2. The molecular formula is C28H22Cl2N2O3. The summed E-state index contributed by atoms with van der Waals surface area (Å²) in [5, 5.41) is 12.7. The van der Waals surface area contributed by atoms with Crippen molar-refractivity contribution in [1.82, 2.24) is 4.98 Å². The molecule has 5 nitrogen and oxygen atoms in total. The van der Waals surface area contributed by atoms with Crippen LogP contribution in [0.4, 0.5) is 5.69 Å². The number of aliphatic hydroxyl groups is 1. The van der Waals surface area contributed by atoms with E-state index in [-0.39, 0.29) is 16.4 Å². The SMILES string of the molecule is CC(C)c1ccc(N2C(=O)C(=O)/C(=C(/O)c3ccc(Cl)c(Cl)c3)C2c2c[nH]c3ccccc23)cc1. The minimum atomic E-state index is -0.842. The maximum atomic E-state index is 13.4. The Morgan fingerprint density at radius 2 is 1.69 bits per heavy atom. The summed E-state index contributed by atoms with van der Waals surface area (Å²) >= 11 is 12.2. The highest BCUT2D eigenvalue weighted by Crippen LogP contribution is 2.44. The first-order valence-corrected chi connectivity index (χ1v) is 12.0. The zero-order valence-electron chi connectivity index (χ0n) is 19.0. The second-order valence-electron chi connectivity index (χ2n) is 8.83. The molecule has 0 spiro atoms. The Morgan fingerprint density at radius 3 is 2.37 bits per heavy atom. The molecule has 1 atom stereocenters. The number of carbonyl (C=O) groups is 2. The molecule has 2 heterocycles. The first-order chi connectivity index (χ1) is 16.8. The summed E-state index contributed by atoms with van der Waals surface area (Å²) in [5.41, 5.74) is 3.54. The summed E-state index contributed by atoms with van der Waals surface area (Å²) in [5.74, 6) is -1.46. The first kappa shape index (κ1) is 23.2. The largest absolute Gasteiger partial charge is 0.507 e. The summed E-state index contributed by atoms with van der Waals surface area (Å²) < 4.78 is 0. The average Bonchev–Trinajstić information content (AvgIpc) is 3.39. The van der Waals surface area contributed by atoms with Gasteiger partial charge in [0.2, 0.25) is 0 Å². The zero-order valence-corrected chi connectivity index (χ0v) is 20.6. The molecule has 35 heavy (non-hydrogen) atoms. The predicted octanol–water partition coefficient (Wildman–Crippen LogP) is 7.22. The Bertz CT molecular complexity index is 1500. The van der Waals surface area contributed by atoms with Crippen LogP contribution in [0.2, 0.25) is 10.0 Å². The maximum absolute atomic E-state index is 13.4. The van der Waals surface area contributed by atoms with Gasteiger partial charge in [-0.05, 0) is 47.9 Å². The topological polar surface area (TPSA) is 73.4 Å². The van der Waals surface area contributed by atoms with E-state index in [4.69, 9.17) is 23.2 Å². The van der Waals surface area contributed by atoms with E-state index in [9.17, 15) is 14.7 Å². The molecule has 1 aromatic heterocycles. The van der Waals surface area contributed by atoms with E-state index >= 15 is 0 Å². The molecule has 1 saturated heterocycles. The zero-order chi connectivity index (χ0) is 24.9. The van der Waals surface area contributed by atoms with Gasteiger partial charge in [-0.3, -0.25) is 14.5 Å². The fourth-order valence-corrected chi connectivity index (χ4v) is 4.83. The minimum Gasteiger partial charge on any atom is -0.507 e. The Balaban J connectivity index is 1.75. The third-order valence-electron chi connectivity index (χ3n) is 6.39. The molecule has 4 aromatic rings. The number of benzene rings is 3. The normalized spacial score (nSPS) is 17.6. The number of anilines is 1. The average molecular weight is 505 g/mol. The molecule has 1 amide bonds. The number of nitrogens with zero attached hydrogens (tertiary/aromatic N) is 1. The number of fused-ring (bicyclic) bond motifs is 1. The number of para-hydroxylation sites is 1. The number of ketones is 1. The summed E-state index contributed by atoms with van der Waals surface area (Å²) in [6, 6.07) is 19.0. The van der Waals surface area contributed by atoms with Crippen molar-refractivity contribution in [1.29, 1.82) is 0 Å². The summed E-state index contributed by atoms with van der Waals surface area (Å²) in [4.78, 5) is 31.5. The molecule has 2 N–H and O–H groups in total. The summed E-state index contributed by atoms with van der Waals surface area (Å²) in [6.07, 6.45) is 1.78. The summed E-state index contributed by atoms with van der Waals surface area (Å²) in [6.45, 7) is 4.18. The second-order valence-corrected chi connectivity index (χ2v) is 9.65. The van der Waals surface area contributed by atoms with E-state index in [0.717, 1.165) is 16.5 Å². The molecule has 3 aromatic carbocycles. The first-order valence-electron chi connectivity index (χ1n) is 11.2. The molecule has 0 bridgehead atoms. The van der Waals surface area contributed by atoms with Gasteiger partial charge in [0.1, 0.15) is 5.76 Å². The Kier molecular flexibility index (Phi) is 5.91. The van der Waals surface area contributed by atoms with Gasteiger partial charge in [-0.1, -0.05) is 67.4 Å². The van der Waals surface area contributed by atoms with Crippen molar-refractivity contribution in [2.24, 2.45) is 0 Å². The number of Topliss-reactive ketones (excluding diaryl/α,β-unsaturated/α-hetero) is 1. The number of halogens is 2. The van der Waals surface area contributed by atoms with Gasteiger partial charge in [-0.2, -0.15) is 0 Å². The van der Waals surface area contributed by atoms with Gasteiger partial charge >= 0.3 is 0 Å². The van der Waals surface area contributed by atoms with Crippen LogP contribution in [0.3, 0.4) is 0 Å². The highest BCUT2D eigenvalue weighted by Gasteiger charge is 2.47. The van der Waals surface area contributed by atoms with Gasteiger partial charge in [0.05, 0.1) is 21.7 Å². The lowest BCUT2D eigenvalue weighted by atomic mass is 9.94. The number of H-pyrrole nitrogens is 1. The fraction of sp³-hybridized carbons (Fsp3) is 0.143. The quantitative estimate of drug-likeness (QED) is 0.175. The summed E-state index contributed by atoms with van der Waals surface area (Å²) in [7, 11) is 0. The molecule has 1 aliphatic rings. The monoisotopic (exact) mass is 504 g/mol. The number of rotatable bonds is 4.